The molecule has 5 rings (SSSR count). The standard InChI is InChI=1S/C35H43N7O12S2/c1-4-5-35(15-37-28(47)18-10-16(2)27(46)21(43)11-18)6-8-41(9-7-35)13-19-17(3)56-31-25(30(49)42(31)26(19)33(52)53)39-29(48)24(20-14-55-34(36)38-20)40-54-22(32(50)51)12-23(44)45/h10-11,14,17,22,25,31,43,46H,4-9,12-13,15H2,1-3H3,(H2,36,38)(H,37,47)(H,39,48)(H,44,45)(H,50,51)(H,52,53)/b40-24-/t17-,22-,25+,31+/m0/s1. The number of amides is 3. The van der Waals surface area contributed by atoms with Gasteiger partial charge in [-0.05, 0) is 74.9 Å². The molecule has 2 saturated heterocycles. The van der Waals surface area contributed by atoms with Gasteiger partial charge in [0.2, 0.25) is 6.10 Å². The molecule has 3 aliphatic rings. The van der Waals surface area contributed by atoms with Crippen LogP contribution in [0.3, 0.4) is 0 Å². The van der Waals surface area contributed by atoms with Crippen molar-refractivity contribution < 1.29 is 59.1 Å². The van der Waals surface area contributed by atoms with Gasteiger partial charge in [-0.2, -0.15) is 0 Å². The van der Waals surface area contributed by atoms with Crippen molar-refractivity contribution in [3.05, 3.63) is 45.6 Å². The number of phenols is 2. The second-order valence-corrected chi connectivity index (χ2v) is 16.3. The van der Waals surface area contributed by atoms with Crippen molar-refractivity contribution in [1.29, 1.82) is 0 Å². The number of oxime groups is 1. The number of carboxylic acid groups (broad SMARTS) is 3. The van der Waals surface area contributed by atoms with E-state index < -0.39 is 59.4 Å². The number of aryl methyl sites for hydroxylation is 1. The molecule has 302 valence electrons. The van der Waals surface area contributed by atoms with Gasteiger partial charge >= 0.3 is 17.9 Å². The molecule has 0 aliphatic carbocycles. The Balaban J connectivity index is 1.27. The van der Waals surface area contributed by atoms with E-state index >= 15 is 0 Å². The van der Waals surface area contributed by atoms with Gasteiger partial charge in [-0.15, -0.1) is 23.1 Å². The Morgan fingerprint density at radius 1 is 1.14 bits per heavy atom. The van der Waals surface area contributed by atoms with Crippen molar-refractivity contribution in [2.24, 2.45) is 10.6 Å². The Morgan fingerprint density at radius 2 is 1.84 bits per heavy atom. The van der Waals surface area contributed by atoms with Crippen LogP contribution in [0.15, 0.2) is 33.9 Å². The minimum Gasteiger partial charge on any atom is -0.504 e. The van der Waals surface area contributed by atoms with Crippen LogP contribution in [0.25, 0.3) is 0 Å². The largest absolute Gasteiger partial charge is 0.504 e. The number of aromatic nitrogens is 1. The highest BCUT2D eigenvalue weighted by Gasteiger charge is 2.56. The van der Waals surface area contributed by atoms with Crippen LogP contribution >= 0.6 is 23.1 Å². The molecule has 0 unspecified atom stereocenters. The number of piperidine rings is 1. The molecule has 0 saturated carbocycles. The van der Waals surface area contributed by atoms with Crippen molar-refractivity contribution >= 4 is 69.6 Å². The first kappa shape index (κ1) is 41.7. The van der Waals surface area contributed by atoms with Crippen molar-refractivity contribution in [2.75, 3.05) is 31.9 Å². The summed E-state index contributed by atoms with van der Waals surface area (Å²) in [5, 5.41) is 57.9. The number of hydrogen-bond acceptors (Lipinski definition) is 15. The fourth-order valence-electron chi connectivity index (χ4n) is 7.05. The molecule has 4 heterocycles. The number of carbonyl (C=O) groups excluding carboxylic acids is 3. The minimum absolute atomic E-state index is 0.0336. The summed E-state index contributed by atoms with van der Waals surface area (Å²) in [4.78, 5) is 87.5. The molecule has 19 nitrogen and oxygen atoms in total. The molecule has 3 amide bonds. The molecule has 3 aliphatic heterocycles. The predicted molar refractivity (Wildman–Crippen MR) is 202 cm³/mol. The number of phenolic OH excluding ortho intramolecular Hbond substituents is 2. The monoisotopic (exact) mass is 817 g/mol. The van der Waals surface area contributed by atoms with E-state index in [1.807, 2.05) is 6.92 Å². The second kappa shape index (κ2) is 17.2. The lowest BCUT2D eigenvalue weighted by molar-refractivity contribution is -0.156. The highest BCUT2D eigenvalue weighted by Crippen LogP contribution is 2.45. The summed E-state index contributed by atoms with van der Waals surface area (Å²) < 4.78 is 0. The molecule has 0 bridgehead atoms. The number of rotatable bonds is 16. The number of aliphatic carboxylic acids is 3. The minimum atomic E-state index is -1.94. The van der Waals surface area contributed by atoms with Gasteiger partial charge in [0.05, 0.1) is 6.42 Å². The lowest BCUT2D eigenvalue weighted by Gasteiger charge is -2.51. The maximum Gasteiger partial charge on any atom is 0.352 e. The molecule has 2 aromatic rings. The molecular formula is C35H43N7O12S2. The molecule has 0 spiro atoms. The third-order valence-corrected chi connectivity index (χ3v) is 12.2. The zero-order valence-corrected chi connectivity index (χ0v) is 32.3. The van der Waals surface area contributed by atoms with E-state index in [4.69, 9.17) is 15.7 Å². The molecule has 56 heavy (non-hydrogen) atoms. The molecule has 1 aromatic carbocycles. The Labute approximate surface area is 328 Å². The van der Waals surface area contributed by atoms with Gasteiger partial charge in [-0.25, -0.2) is 14.6 Å². The van der Waals surface area contributed by atoms with Crippen LogP contribution in [0, 0.1) is 12.3 Å². The van der Waals surface area contributed by atoms with Gasteiger partial charge in [-0.3, -0.25) is 29.0 Å². The fourth-order valence-corrected chi connectivity index (χ4v) is 9.03. The zero-order chi connectivity index (χ0) is 41.1. The van der Waals surface area contributed by atoms with Gasteiger partial charge < -0.3 is 46.7 Å². The molecule has 2 fully saturated rings. The third-order valence-electron chi connectivity index (χ3n) is 10.1. The van der Waals surface area contributed by atoms with Crippen molar-refractivity contribution in [2.45, 2.75) is 75.6 Å². The van der Waals surface area contributed by atoms with Crippen molar-refractivity contribution in [1.82, 2.24) is 25.4 Å². The van der Waals surface area contributed by atoms with Crippen LogP contribution in [-0.2, 0) is 28.8 Å². The van der Waals surface area contributed by atoms with Gasteiger partial charge in [0.1, 0.15) is 22.8 Å². The number of carbonyl (C=O) groups is 6. The van der Waals surface area contributed by atoms with Crippen molar-refractivity contribution in [3.8, 4) is 11.5 Å². The number of anilines is 1. The van der Waals surface area contributed by atoms with Crippen molar-refractivity contribution in [3.63, 3.8) is 0 Å². The number of benzene rings is 1. The van der Waals surface area contributed by atoms with Gasteiger partial charge in [-0.1, -0.05) is 18.5 Å². The third kappa shape index (κ3) is 9.00. The fraction of sp³-hybridized carbons (Fsp3) is 0.486. The van der Waals surface area contributed by atoms with Crippen LogP contribution in [0.2, 0.25) is 0 Å². The zero-order valence-electron chi connectivity index (χ0n) is 30.7. The Hall–Kier alpha value is -5.41. The molecular weight excluding hydrogens is 775 g/mol. The second-order valence-electron chi connectivity index (χ2n) is 13.9. The van der Waals surface area contributed by atoms with E-state index in [9.17, 15) is 49.2 Å². The summed E-state index contributed by atoms with van der Waals surface area (Å²) in [6.07, 6.45) is 0.224. The number of nitrogens with one attached hydrogen (secondary N) is 2. The predicted octanol–water partition coefficient (Wildman–Crippen LogP) is 1.53. The summed E-state index contributed by atoms with van der Waals surface area (Å²) >= 11 is 2.22. The van der Waals surface area contributed by atoms with Crippen LogP contribution in [0.4, 0.5) is 5.13 Å². The Bertz CT molecular complexity index is 1950. The van der Waals surface area contributed by atoms with E-state index in [2.05, 4.69) is 32.6 Å². The lowest BCUT2D eigenvalue weighted by Crippen LogP contribution is -2.71. The molecule has 9 N–H and O–H groups in total. The van der Waals surface area contributed by atoms with Crippen LogP contribution in [0.1, 0.15) is 67.6 Å². The summed E-state index contributed by atoms with van der Waals surface area (Å²) in [6.45, 7) is 7.32. The quantitative estimate of drug-likeness (QED) is 0.0516. The topological polar surface area (TPSA) is 295 Å². The number of carboxylic acids is 3. The van der Waals surface area contributed by atoms with E-state index in [1.54, 1.807) is 6.92 Å². The SMILES string of the molecule is CCCC1(CNC(=O)c2cc(C)c(O)c(O)c2)CCN(CC2=C(C(=O)O)N3C(=O)[C@@H](NC(=O)/C(=N\O[C@@H](CC(=O)O)C(=O)O)c4csc(N)n4)[C@H]3S[C@H]2C)CC1. The summed E-state index contributed by atoms with van der Waals surface area (Å²) in [5.41, 5.74) is 5.75. The highest BCUT2D eigenvalue weighted by atomic mass is 32.2. The number of likely N-dealkylation sites (tertiary alicyclic amines) is 1. The highest BCUT2D eigenvalue weighted by molar-refractivity contribution is 8.00. The normalized spacial score (nSPS) is 21.4. The molecule has 1 aromatic heterocycles. The number of thiazole rings is 1. The summed E-state index contributed by atoms with van der Waals surface area (Å²) in [6, 6.07) is 1.53. The number of aromatic hydroxyl groups is 2. The molecule has 0 radical (unpaired) electrons. The van der Waals surface area contributed by atoms with Crippen LogP contribution in [-0.4, -0.2) is 131 Å². The van der Waals surface area contributed by atoms with Gasteiger partial charge in [0.15, 0.2) is 22.3 Å². The number of nitrogens with zero attached hydrogens (tertiary/aromatic N) is 4. The molecule has 21 heteroatoms. The van der Waals surface area contributed by atoms with E-state index in [0.717, 1.165) is 29.1 Å². The van der Waals surface area contributed by atoms with Gasteiger partial charge in [0.25, 0.3) is 17.7 Å². The number of fused-ring (bicyclic) bond motifs is 1. The first-order valence-corrected chi connectivity index (χ1v) is 19.5. The van der Waals surface area contributed by atoms with E-state index in [-0.39, 0.29) is 56.7 Å². The number of nitrogens with two attached hydrogens (primary N) is 1. The molecule has 4 atom stereocenters. The maximum atomic E-state index is 13.5. The van der Waals surface area contributed by atoms with Crippen LogP contribution in [0.5, 0.6) is 11.5 Å². The summed E-state index contributed by atoms with van der Waals surface area (Å²) in [5.74, 6) is -7.18. The van der Waals surface area contributed by atoms with E-state index in [1.165, 1.54) is 29.3 Å². The number of thioether (sulfide) groups is 1. The first-order chi connectivity index (χ1) is 26.4. The lowest BCUT2D eigenvalue weighted by atomic mass is 9.74. The average molecular weight is 818 g/mol. The average Bonchev–Trinajstić information content (AvgIpc) is 3.57. The summed E-state index contributed by atoms with van der Waals surface area (Å²) in [7, 11) is 0. The Morgan fingerprint density at radius 3 is 2.41 bits per heavy atom. The number of nitrogen functional groups attached to an aromatic ring is 1. The first-order valence-electron chi connectivity index (χ1n) is 17.6. The Kier molecular flexibility index (Phi) is 12.8. The number of β-lactam (4-membered cyclic amide) rings is 1. The smallest absolute Gasteiger partial charge is 0.352 e. The number of hydrogen-bond donors (Lipinski definition) is 8. The van der Waals surface area contributed by atoms with Crippen LogP contribution < -0.4 is 16.4 Å². The van der Waals surface area contributed by atoms with E-state index in [0.29, 0.717) is 43.6 Å². The maximum absolute atomic E-state index is 13.5. The van der Waals surface area contributed by atoms with Gasteiger partial charge in [0, 0.05) is 29.3 Å².